The van der Waals surface area contributed by atoms with E-state index in [9.17, 15) is 19.2 Å². The van der Waals surface area contributed by atoms with E-state index in [1.54, 1.807) is 24.3 Å². The topological polar surface area (TPSA) is 92.8 Å². The van der Waals surface area contributed by atoms with Crippen LogP contribution in [-0.2, 0) is 25.5 Å². The molecule has 1 aliphatic rings. The number of benzene rings is 2. The van der Waals surface area contributed by atoms with E-state index in [1.165, 1.54) is 6.92 Å². The summed E-state index contributed by atoms with van der Waals surface area (Å²) in [6, 6.07) is 12.6. The number of nitrogens with one attached hydrogen (secondary N) is 1. The molecule has 1 heterocycles. The molecule has 0 unspecified atom stereocenters. The van der Waals surface area contributed by atoms with Gasteiger partial charge in [-0.15, -0.1) is 0 Å². The van der Waals surface area contributed by atoms with Gasteiger partial charge in [-0.05, 0) is 43.5 Å². The van der Waals surface area contributed by atoms with Gasteiger partial charge in [-0.25, -0.2) is 0 Å². The van der Waals surface area contributed by atoms with E-state index in [1.807, 2.05) is 32.0 Å². The van der Waals surface area contributed by atoms with E-state index < -0.39 is 23.9 Å². The van der Waals surface area contributed by atoms with E-state index in [0.29, 0.717) is 16.8 Å². The third-order valence-corrected chi connectivity index (χ3v) is 5.08. The number of carbonyl (C=O) groups excluding carboxylic acids is 4. The first kappa shape index (κ1) is 21.2. The number of para-hydroxylation sites is 1. The molecule has 0 spiro atoms. The third kappa shape index (κ3) is 4.56. The highest BCUT2D eigenvalue weighted by Crippen LogP contribution is 2.21. The van der Waals surface area contributed by atoms with Crippen molar-refractivity contribution in [2.45, 2.75) is 39.7 Å². The molecular formula is C23H24N2O5. The van der Waals surface area contributed by atoms with Crippen LogP contribution >= 0.6 is 0 Å². The maximum atomic E-state index is 12.5. The summed E-state index contributed by atoms with van der Waals surface area (Å²) in [4.78, 5) is 50.4. The predicted octanol–water partition coefficient (Wildman–Crippen LogP) is 2.79. The first-order valence-corrected chi connectivity index (χ1v) is 9.77. The largest absolute Gasteiger partial charge is 0.452 e. The van der Waals surface area contributed by atoms with E-state index in [2.05, 4.69) is 5.32 Å². The smallest absolute Gasteiger partial charge is 0.308 e. The maximum Gasteiger partial charge on any atom is 0.308 e. The van der Waals surface area contributed by atoms with Crippen LogP contribution in [0, 0.1) is 13.8 Å². The molecule has 0 radical (unpaired) electrons. The summed E-state index contributed by atoms with van der Waals surface area (Å²) in [5.74, 6) is -1.87. The molecule has 7 heteroatoms. The molecule has 3 rings (SSSR count). The van der Waals surface area contributed by atoms with Crippen molar-refractivity contribution in [1.29, 1.82) is 0 Å². The summed E-state index contributed by atoms with van der Waals surface area (Å²) >= 11 is 0. The number of fused-ring (bicyclic) bond motifs is 1. The van der Waals surface area contributed by atoms with Crippen molar-refractivity contribution in [3.8, 4) is 0 Å². The van der Waals surface area contributed by atoms with Crippen LogP contribution in [0.3, 0.4) is 0 Å². The Kier molecular flexibility index (Phi) is 6.30. The molecule has 156 valence electrons. The highest BCUT2D eigenvalue weighted by atomic mass is 16.5. The van der Waals surface area contributed by atoms with E-state index >= 15 is 0 Å². The molecule has 2 aromatic carbocycles. The van der Waals surface area contributed by atoms with Crippen LogP contribution in [0.25, 0.3) is 0 Å². The van der Waals surface area contributed by atoms with Gasteiger partial charge in [0.05, 0.1) is 12.8 Å². The Balaban J connectivity index is 1.55. The van der Waals surface area contributed by atoms with Gasteiger partial charge >= 0.3 is 5.97 Å². The summed E-state index contributed by atoms with van der Waals surface area (Å²) < 4.78 is 5.19. The third-order valence-electron chi connectivity index (χ3n) is 5.08. The summed E-state index contributed by atoms with van der Waals surface area (Å²) in [5, 5.41) is 2.78. The van der Waals surface area contributed by atoms with Gasteiger partial charge < -0.3 is 10.1 Å². The quantitative estimate of drug-likeness (QED) is 0.586. The number of nitrogens with zero attached hydrogens (tertiary/aromatic N) is 1. The number of hydrogen-bond acceptors (Lipinski definition) is 5. The first-order chi connectivity index (χ1) is 14.3. The lowest BCUT2D eigenvalue weighted by molar-refractivity contribution is -0.153. The minimum atomic E-state index is -1.01. The Hall–Kier alpha value is -3.48. The van der Waals surface area contributed by atoms with Gasteiger partial charge in [0.15, 0.2) is 6.10 Å². The van der Waals surface area contributed by atoms with Crippen LogP contribution in [-0.4, -0.2) is 41.2 Å². The zero-order valence-electron chi connectivity index (χ0n) is 17.2. The summed E-state index contributed by atoms with van der Waals surface area (Å²) in [5.41, 5.74) is 3.65. The maximum absolute atomic E-state index is 12.5. The van der Waals surface area contributed by atoms with Gasteiger partial charge in [-0.3, -0.25) is 24.1 Å². The number of anilines is 1. The molecule has 2 aromatic rings. The van der Waals surface area contributed by atoms with Crippen molar-refractivity contribution in [2.24, 2.45) is 0 Å². The van der Waals surface area contributed by atoms with Crippen molar-refractivity contribution in [3.05, 3.63) is 64.7 Å². The molecule has 30 heavy (non-hydrogen) atoms. The monoisotopic (exact) mass is 408 g/mol. The normalized spacial score (nSPS) is 14.2. The zero-order valence-corrected chi connectivity index (χ0v) is 17.2. The minimum absolute atomic E-state index is 0.0872. The zero-order chi connectivity index (χ0) is 21.8. The Morgan fingerprint density at radius 3 is 2.43 bits per heavy atom. The van der Waals surface area contributed by atoms with Crippen molar-refractivity contribution in [1.82, 2.24) is 4.90 Å². The highest BCUT2D eigenvalue weighted by molar-refractivity contribution is 6.09. The molecule has 7 nitrogen and oxygen atoms in total. The Bertz CT molecular complexity index is 994. The summed E-state index contributed by atoms with van der Waals surface area (Å²) in [6.45, 7) is 5.15. The lowest BCUT2D eigenvalue weighted by Gasteiger charge is -2.26. The fraction of sp³-hybridized carbons (Fsp3) is 0.304. The second-order valence-electron chi connectivity index (χ2n) is 7.32. The number of hydrogen-bond donors (Lipinski definition) is 1. The molecule has 3 amide bonds. The molecule has 1 aliphatic heterocycles. The first-order valence-electron chi connectivity index (χ1n) is 9.77. The van der Waals surface area contributed by atoms with Crippen LogP contribution in [0.1, 0.15) is 40.4 Å². The molecule has 1 atom stereocenters. The second kappa shape index (κ2) is 8.90. The van der Waals surface area contributed by atoms with Crippen LogP contribution < -0.4 is 5.32 Å². The molecule has 0 bridgehead atoms. The van der Waals surface area contributed by atoms with Crippen molar-refractivity contribution in [3.63, 3.8) is 0 Å². The van der Waals surface area contributed by atoms with Gasteiger partial charge in [0.25, 0.3) is 11.8 Å². The number of ether oxygens (including phenoxy) is 1. The number of carbonyl (C=O) groups is 4. The molecule has 0 saturated heterocycles. The van der Waals surface area contributed by atoms with Crippen molar-refractivity contribution < 1.29 is 23.9 Å². The van der Waals surface area contributed by atoms with Crippen LogP contribution in [0.4, 0.5) is 5.69 Å². The number of imide groups is 1. The van der Waals surface area contributed by atoms with E-state index in [4.69, 9.17) is 4.74 Å². The SMILES string of the molecule is Cc1cccc(C)c1NC(=O)[C@H](C)OC(=O)CCN1C(=O)Cc2ccccc2C1=O. The van der Waals surface area contributed by atoms with Crippen LogP contribution in [0.5, 0.6) is 0 Å². The lowest BCUT2D eigenvalue weighted by Crippen LogP contribution is -2.43. The molecule has 0 fully saturated rings. The minimum Gasteiger partial charge on any atom is -0.452 e. The number of amides is 3. The van der Waals surface area contributed by atoms with Crippen molar-refractivity contribution in [2.75, 3.05) is 11.9 Å². The fourth-order valence-electron chi connectivity index (χ4n) is 3.38. The van der Waals surface area contributed by atoms with Gasteiger partial charge in [-0.1, -0.05) is 36.4 Å². The van der Waals surface area contributed by atoms with E-state index in [-0.39, 0.29) is 25.3 Å². The molecule has 0 aliphatic carbocycles. The number of rotatable bonds is 6. The molecule has 1 N–H and O–H groups in total. The van der Waals surface area contributed by atoms with Gasteiger partial charge in [-0.2, -0.15) is 0 Å². The predicted molar refractivity (Wildman–Crippen MR) is 111 cm³/mol. The van der Waals surface area contributed by atoms with E-state index in [0.717, 1.165) is 16.0 Å². The van der Waals surface area contributed by atoms with Crippen LogP contribution in [0.2, 0.25) is 0 Å². The second-order valence-corrected chi connectivity index (χ2v) is 7.32. The Morgan fingerprint density at radius 1 is 1.07 bits per heavy atom. The molecular weight excluding hydrogens is 384 g/mol. The Morgan fingerprint density at radius 2 is 1.73 bits per heavy atom. The van der Waals surface area contributed by atoms with Gasteiger partial charge in [0.2, 0.25) is 5.91 Å². The van der Waals surface area contributed by atoms with Gasteiger partial charge in [0.1, 0.15) is 0 Å². The average Bonchev–Trinajstić information content (AvgIpc) is 2.70. The fourth-order valence-corrected chi connectivity index (χ4v) is 3.38. The van der Waals surface area contributed by atoms with Crippen molar-refractivity contribution >= 4 is 29.4 Å². The summed E-state index contributed by atoms with van der Waals surface area (Å²) in [6.07, 6.45) is -1.07. The lowest BCUT2D eigenvalue weighted by atomic mass is 9.98. The average molecular weight is 408 g/mol. The number of aryl methyl sites for hydroxylation is 2. The van der Waals surface area contributed by atoms with Gasteiger partial charge in [0, 0.05) is 17.8 Å². The standard InChI is InChI=1S/C23H24N2O5/c1-14-7-6-8-15(2)21(14)24-22(28)16(3)30-20(27)11-12-25-19(26)13-17-9-4-5-10-18(17)23(25)29/h4-10,16H,11-13H2,1-3H3,(H,24,28)/t16-/m0/s1. The van der Waals surface area contributed by atoms with Crippen LogP contribution in [0.15, 0.2) is 42.5 Å². The molecule has 0 saturated carbocycles. The highest BCUT2D eigenvalue weighted by Gasteiger charge is 2.31. The number of esters is 1. The Labute approximate surface area is 175 Å². The molecule has 0 aromatic heterocycles. The summed E-state index contributed by atoms with van der Waals surface area (Å²) in [7, 11) is 0.